The molecule has 0 aliphatic heterocycles. The van der Waals surface area contributed by atoms with E-state index in [1.807, 2.05) is 31.2 Å². The molecular weight excluding hydrogens is 344 g/mol. The number of hydrogen-bond donors (Lipinski definition) is 1. The van der Waals surface area contributed by atoms with Crippen molar-refractivity contribution in [2.24, 2.45) is 0 Å². The van der Waals surface area contributed by atoms with Gasteiger partial charge in [0.1, 0.15) is 12.4 Å². The van der Waals surface area contributed by atoms with Gasteiger partial charge < -0.3 is 9.47 Å². The molecule has 6 nitrogen and oxygen atoms in total. The first kappa shape index (κ1) is 19.8. The van der Waals surface area contributed by atoms with Crippen molar-refractivity contribution in [3.8, 4) is 5.75 Å². The maximum atomic E-state index is 12.7. The number of carbonyl (C=O) groups is 2. The number of anilines is 2. The average Bonchev–Trinajstić information content (AvgIpc) is 2.65. The maximum absolute atomic E-state index is 12.7. The molecule has 0 saturated heterocycles. The highest BCUT2D eigenvalue weighted by Crippen LogP contribution is 2.23. The first-order chi connectivity index (χ1) is 13.0. The van der Waals surface area contributed by atoms with Gasteiger partial charge in [0.2, 0.25) is 0 Å². The van der Waals surface area contributed by atoms with Crippen LogP contribution >= 0.6 is 0 Å². The molecule has 0 aromatic heterocycles. The topological polar surface area (TPSA) is 67.9 Å². The van der Waals surface area contributed by atoms with E-state index in [2.05, 4.69) is 18.5 Å². The minimum atomic E-state index is -0.619. The zero-order chi connectivity index (χ0) is 19.6. The molecule has 2 amide bonds. The number of benzene rings is 2. The minimum Gasteiger partial charge on any atom is -0.445 e. The van der Waals surface area contributed by atoms with Crippen molar-refractivity contribution in [3.05, 3.63) is 79.4 Å². The molecule has 2 aromatic carbocycles. The van der Waals surface area contributed by atoms with Crippen LogP contribution in [0.5, 0.6) is 5.75 Å². The lowest BCUT2D eigenvalue weighted by Crippen LogP contribution is -2.34. The molecule has 1 N–H and O–H groups in total. The summed E-state index contributed by atoms with van der Waals surface area (Å²) in [5.74, 6) is 0.296. The van der Waals surface area contributed by atoms with Crippen LogP contribution in [0.1, 0.15) is 5.56 Å². The minimum absolute atomic E-state index is 0.105. The first-order valence-corrected chi connectivity index (χ1v) is 8.35. The van der Waals surface area contributed by atoms with Gasteiger partial charge in [0.25, 0.3) is 0 Å². The molecule has 27 heavy (non-hydrogen) atoms. The predicted molar refractivity (Wildman–Crippen MR) is 106 cm³/mol. The number of carbonyl (C=O) groups excluding carboxylic acids is 2. The molecule has 0 bridgehead atoms. The van der Waals surface area contributed by atoms with Crippen molar-refractivity contribution in [2.45, 2.75) is 6.92 Å². The zero-order valence-corrected chi connectivity index (χ0v) is 15.2. The number of nitrogens with one attached hydrogen (secondary N) is 1. The van der Waals surface area contributed by atoms with E-state index in [1.54, 1.807) is 24.3 Å². The molecule has 0 heterocycles. The normalized spacial score (nSPS) is 9.81. The number of para-hydroxylation sites is 1. The molecule has 0 aliphatic rings. The van der Waals surface area contributed by atoms with Crippen LogP contribution in [-0.2, 0) is 4.74 Å². The summed E-state index contributed by atoms with van der Waals surface area (Å²) in [5, 5.41) is 2.56. The van der Waals surface area contributed by atoms with Crippen molar-refractivity contribution in [3.63, 3.8) is 0 Å². The highest BCUT2D eigenvalue weighted by molar-refractivity contribution is 5.91. The number of rotatable bonds is 7. The second-order valence-corrected chi connectivity index (χ2v) is 5.59. The lowest BCUT2D eigenvalue weighted by molar-refractivity contribution is 0.174. The standard InChI is InChI=1S/C21H22N2O4/c1-4-13-23(19-12-7-6-9-16(19)3)21(25)27-18-11-8-10-17(15-18)22-20(24)26-14-5-2/h4-12,15H,1-2,13-14H2,3H3,(H,22,24). The second kappa shape index (κ2) is 9.82. The third kappa shape index (κ3) is 5.74. The Morgan fingerprint density at radius 2 is 1.89 bits per heavy atom. The third-order valence-electron chi connectivity index (χ3n) is 3.56. The molecule has 6 heteroatoms. The Morgan fingerprint density at radius 1 is 1.11 bits per heavy atom. The first-order valence-electron chi connectivity index (χ1n) is 8.35. The number of amides is 2. The monoisotopic (exact) mass is 366 g/mol. The van der Waals surface area contributed by atoms with Crippen LogP contribution in [0.2, 0.25) is 0 Å². The highest BCUT2D eigenvalue weighted by atomic mass is 16.6. The van der Waals surface area contributed by atoms with Gasteiger partial charge in [-0.15, -0.1) is 6.58 Å². The fourth-order valence-corrected chi connectivity index (χ4v) is 2.35. The van der Waals surface area contributed by atoms with Crippen molar-refractivity contribution in [1.29, 1.82) is 0 Å². The highest BCUT2D eigenvalue weighted by Gasteiger charge is 2.18. The van der Waals surface area contributed by atoms with E-state index >= 15 is 0 Å². The molecule has 0 aliphatic carbocycles. The van der Waals surface area contributed by atoms with E-state index in [4.69, 9.17) is 9.47 Å². The van der Waals surface area contributed by atoms with Crippen LogP contribution < -0.4 is 15.0 Å². The van der Waals surface area contributed by atoms with Gasteiger partial charge in [-0.3, -0.25) is 10.2 Å². The maximum Gasteiger partial charge on any atom is 0.420 e. The predicted octanol–water partition coefficient (Wildman–Crippen LogP) is 4.92. The zero-order valence-electron chi connectivity index (χ0n) is 15.2. The summed E-state index contributed by atoms with van der Waals surface area (Å²) in [6.45, 7) is 9.49. The lowest BCUT2D eigenvalue weighted by atomic mass is 10.2. The summed E-state index contributed by atoms with van der Waals surface area (Å²) in [7, 11) is 0. The summed E-state index contributed by atoms with van der Waals surface area (Å²) in [6, 6.07) is 14.0. The Labute approximate surface area is 158 Å². The molecule has 0 saturated carbocycles. The van der Waals surface area contributed by atoms with Crippen molar-refractivity contribution in [1.82, 2.24) is 0 Å². The van der Waals surface area contributed by atoms with Crippen molar-refractivity contribution in [2.75, 3.05) is 23.4 Å². The smallest absolute Gasteiger partial charge is 0.420 e. The van der Waals surface area contributed by atoms with Gasteiger partial charge >= 0.3 is 12.2 Å². The van der Waals surface area contributed by atoms with Crippen LogP contribution in [0, 0.1) is 6.92 Å². The van der Waals surface area contributed by atoms with Crippen LogP contribution in [0.15, 0.2) is 73.8 Å². The lowest BCUT2D eigenvalue weighted by Gasteiger charge is -2.22. The quantitative estimate of drug-likeness (QED) is 0.706. The average molecular weight is 366 g/mol. The SMILES string of the molecule is C=CCOC(=O)Nc1cccc(OC(=O)N(CC=C)c2ccccc2C)c1. The summed E-state index contributed by atoms with van der Waals surface area (Å²) in [6.07, 6.45) is 1.93. The summed E-state index contributed by atoms with van der Waals surface area (Å²) >= 11 is 0. The van der Waals surface area contributed by atoms with Crippen LogP contribution in [0.25, 0.3) is 0 Å². The molecule has 140 valence electrons. The van der Waals surface area contributed by atoms with Crippen molar-refractivity contribution >= 4 is 23.6 Å². The van der Waals surface area contributed by atoms with Gasteiger partial charge in [-0.05, 0) is 30.7 Å². The van der Waals surface area contributed by atoms with Gasteiger partial charge in [-0.25, -0.2) is 9.59 Å². The molecule has 0 radical (unpaired) electrons. The Kier molecular flexibility index (Phi) is 7.19. The molecule has 2 aromatic rings. The van der Waals surface area contributed by atoms with E-state index in [0.29, 0.717) is 18.0 Å². The van der Waals surface area contributed by atoms with E-state index in [9.17, 15) is 9.59 Å². The summed E-state index contributed by atoms with van der Waals surface area (Å²) in [5.41, 5.74) is 2.13. The Morgan fingerprint density at radius 3 is 2.59 bits per heavy atom. The molecule has 2 rings (SSSR count). The van der Waals surface area contributed by atoms with Gasteiger partial charge in [-0.1, -0.05) is 43.0 Å². The largest absolute Gasteiger partial charge is 0.445 e. The van der Waals surface area contributed by atoms with Crippen LogP contribution in [0.3, 0.4) is 0 Å². The van der Waals surface area contributed by atoms with E-state index in [0.717, 1.165) is 11.3 Å². The van der Waals surface area contributed by atoms with E-state index in [-0.39, 0.29) is 6.61 Å². The van der Waals surface area contributed by atoms with Gasteiger partial charge in [0.15, 0.2) is 0 Å². The van der Waals surface area contributed by atoms with Crippen molar-refractivity contribution < 1.29 is 19.1 Å². The fraction of sp³-hybridized carbons (Fsp3) is 0.143. The van der Waals surface area contributed by atoms with E-state index < -0.39 is 12.2 Å². The van der Waals surface area contributed by atoms with Gasteiger partial charge in [0.05, 0.1) is 5.69 Å². The fourth-order valence-electron chi connectivity index (χ4n) is 2.35. The molecule has 0 fully saturated rings. The van der Waals surface area contributed by atoms with E-state index in [1.165, 1.54) is 17.0 Å². The summed E-state index contributed by atoms with van der Waals surface area (Å²) in [4.78, 5) is 25.8. The second-order valence-electron chi connectivity index (χ2n) is 5.59. The van der Waals surface area contributed by atoms with Gasteiger partial charge in [0, 0.05) is 18.3 Å². The summed E-state index contributed by atoms with van der Waals surface area (Å²) < 4.78 is 10.3. The molecule has 0 spiro atoms. The van der Waals surface area contributed by atoms with Crippen LogP contribution in [0.4, 0.5) is 21.0 Å². The number of nitrogens with zero attached hydrogens (tertiary/aromatic N) is 1. The number of ether oxygens (including phenoxy) is 2. The Bertz CT molecular complexity index is 832. The number of aryl methyl sites for hydroxylation is 1. The van der Waals surface area contributed by atoms with Crippen LogP contribution in [-0.4, -0.2) is 25.3 Å². The van der Waals surface area contributed by atoms with Gasteiger partial charge in [-0.2, -0.15) is 0 Å². The Balaban J connectivity index is 2.12. The molecule has 0 atom stereocenters. The third-order valence-corrected chi connectivity index (χ3v) is 3.56. The number of hydrogen-bond acceptors (Lipinski definition) is 4. The molecule has 0 unspecified atom stereocenters. The Hall–Kier alpha value is -3.54. The molecular formula is C21H22N2O4.